The van der Waals surface area contributed by atoms with Gasteiger partial charge in [0.1, 0.15) is 6.04 Å². The summed E-state index contributed by atoms with van der Waals surface area (Å²) in [6.45, 7) is 3.73. The van der Waals surface area contributed by atoms with Crippen molar-refractivity contribution in [2.75, 3.05) is 25.1 Å². The summed E-state index contributed by atoms with van der Waals surface area (Å²) in [5, 5.41) is 7.18. The summed E-state index contributed by atoms with van der Waals surface area (Å²) >= 11 is 0. The molecule has 0 unspecified atom stereocenters. The van der Waals surface area contributed by atoms with Crippen LogP contribution in [0.15, 0.2) is 30.6 Å². The Kier molecular flexibility index (Phi) is 5.92. The van der Waals surface area contributed by atoms with E-state index in [1.54, 1.807) is 10.9 Å². The van der Waals surface area contributed by atoms with Gasteiger partial charge < -0.3 is 20.7 Å². The van der Waals surface area contributed by atoms with Gasteiger partial charge >= 0.3 is 6.18 Å². The zero-order valence-corrected chi connectivity index (χ0v) is 19.4. The van der Waals surface area contributed by atoms with Crippen molar-refractivity contribution in [2.24, 2.45) is 12.8 Å². The number of ether oxygens (including phenoxy) is 1. The van der Waals surface area contributed by atoms with Gasteiger partial charge in [0.2, 0.25) is 5.88 Å². The van der Waals surface area contributed by atoms with Crippen LogP contribution in [-0.2, 0) is 7.05 Å². The normalized spacial score (nSPS) is 19.5. The Balaban J connectivity index is 1.96. The molecule has 1 aliphatic rings. The number of benzene rings is 1. The first kappa shape index (κ1) is 23.8. The molecule has 0 radical (unpaired) electrons. The number of nitrogens with zero attached hydrogens (tertiary/aromatic N) is 4. The summed E-state index contributed by atoms with van der Waals surface area (Å²) in [6, 6.07) is 3.57. The molecule has 0 spiro atoms. The number of hydrogen-bond acceptors (Lipinski definition) is 6. The maximum absolute atomic E-state index is 13.2. The number of carbonyl (C=O) groups is 1. The molecule has 0 saturated carbocycles. The van der Waals surface area contributed by atoms with Crippen LogP contribution < -0.4 is 20.7 Å². The van der Waals surface area contributed by atoms with Crippen LogP contribution in [-0.4, -0.2) is 58.6 Å². The van der Waals surface area contributed by atoms with Gasteiger partial charge in [-0.1, -0.05) is 12.1 Å². The first-order valence-corrected chi connectivity index (χ1v) is 10.8. The molecule has 3 heterocycles. The van der Waals surface area contributed by atoms with Crippen molar-refractivity contribution >= 4 is 22.5 Å². The Hall–Kier alpha value is -3.34. The van der Waals surface area contributed by atoms with E-state index in [0.717, 1.165) is 17.8 Å². The number of aryl methyl sites for hydroxylation is 1. The highest BCUT2D eigenvalue weighted by atomic mass is 19.4. The molecule has 182 valence electrons. The van der Waals surface area contributed by atoms with E-state index in [-0.39, 0.29) is 11.4 Å². The molecule has 0 bridgehead atoms. The minimum Gasteiger partial charge on any atom is -0.480 e. The molecular formula is C23H27F3N6O2. The smallest absolute Gasteiger partial charge is 0.408 e. The lowest BCUT2D eigenvalue weighted by atomic mass is 9.97. The number of fused-ring (bicyclic) bond motifs is 1. The van der Waals surface area contributed by atoms with Crippen LogP contribution in [0.4, 0.5) is 18.9 Å². The number of nitrogens with two attached hydrogens (primary N) is 1. The third-order valence-electron chi connectivity index (χ3n) is 6.18. The highest BCUT2D eigenvalue weighted by Crippen LogP contribution is 2.44. The minimum absolute atomic E-state index is 0.0190. The van der Waals surface area contributed by atoms with Gasteiger partial charge in [-0.05, 0) is 26.3 Å². The number of anilines is 1. The Morgan fingerprint density at radius 3 is 2.68 bits per heavy atom. The average Bonchev–Trinajstić information content (AvgIpc) is 3.33. The van der Waals surface area contributed by atoms with Crippen LogP contribution in [0.3, 0.4) is 0 Å². The van der Waals surface area contributed by atoms with E-state index in [0.29, 0.717) is 36.3 Å². The largest absolute Gasteiger partial charge is 0.480 e. The molecule has 34 heavy (non-hydrogen) atoms. The number of aromatic nitrogens is 3. The predicted molar refractivity (Wildman–Crippen MR) is 123 cm³/mol. The van der Waals surface area contributed by atoms with E-state index in [9.17, 15) is 18.0 Å². The predicted octanol–water partition coefficient (Wildman–Crippen LogP) is 3.25. The number of pyridine rings is 1. The van der Waals surface area contributed by atoms with E-state index < -0.39 is 23.7 Å². The van der Waals surface area contributed by atoms with Gasteiger partial charge in [0.15, 0.2) is 0 Å². The van der Waals surface area contributed by atoms with Gasteiger partial charge in [0.05, 0.1) is 35.6 Å². The van der Waals surface area contributed by atoms with Crippen molar-refractivity contribution in [3.05, 3.63) is 36.2 Å². The number of halogens is 3. The first-order valence-electron chi connectivity index (χ1n) is 10.8. The van der Waals surface area contributed by atoms with Crippen LogP contribution in [0.2, 0.25) is 0 Å². The summed E-state index contributed by atoms with van der Waals surface area (Å²) in [7, 11) is 3.27. The Labute approximate surface area is 194 Å². The standard InChI is InChI=1S/C23H27F3N6O2/c1-13(23(24,25)26)30-20(33)16-10-28-21(34-4)18(19(16)32-9-8-22(2,27)12-32)14-6-5-7-17-15(14)11-29-31(17)3/h5-7,10-11,13H,8-9,12,27H2,1-4H3,(H,30,33)/t13-,22-/m0/s1. The molecule has 2 atom stereocenters. The zero-order valence-electron chi connectivity index (χ0n) is 19.4. The topological polar surface area (TPSA) is 98.3 Å². The van der Waals surface area contributed by atoms with Gasteiger partial charge in [-0.3, -0.25) is 9.48 Å². The number of methoxy groups -OCH3 is 1. The molecule has 1 amide bonds. The molecule has 1 aliphatic heterocycles. The Morgan fingerprint density at radius 2 is 2.06 bits per heavy atom. The Morgan fingerprint density at radius 1 is 1.32 bits per heavy atom. The fourth-order valence-electron chi connectivity index (χ4n) is 4.30. The average molecular weight is 477 g/mol. The highest BCUT2D eigenvalue weighted by molar-refractivity contribution is 6.07. The van der Waals surface area contributed by atoms with Gasteiger partial charge in [0.25, 0.3) is 5.91 Å². The van der Waals surface area contributed by atoms with Gasteiger partial charge in [-0.2, -0.15) is 18.3 Å². The maximum Gasteiger partial charge on any atom is 0.408 e. The van der Waals surface area contributed by atoms with E-state index >= 15 is 0 Å². The van der Waals surface area contributed by atoms with Crippen molar-refractivity contribution in [3.8, 4) is 17.0 Å². The van der Waals surface area contributed by atoms with Gasteiger partial charge in [-0.15, -0.1) is 0 Å². The number of hydrogen-bond donors (Lipinski definition) is 2. The molecule has 11 heteroatoms. The molecule has 3 N–H and O–H groups in total. The monoisotopic (exact) mass is 476 g/mol. The third-order valence-corrected chi connectivity index (χ3v) is 6.18. The maximum atomic E-state index is 13.2. The summed E-state index contributed by atoms with van der Waals surface area (Å²) in [6.07, 6.45) is -0.980. The van der Waals surface area contributed by atoms with E-state index in [1.165, 1.54) is 13.3 Å². The zero-order chi connectivity index (χ0) is 24.8. The number of nitrogens with one attached hydrogen (secondary N) is 1. The highest BCUT2D eigenvalue weighted by Gasteiger charge is 2.39. The number of rotatable bonds is 5. The van der Waals surface area contributed by atoms with Crippen molar-refractivity contribution in [1.29, 1.82) is 0 Å². The van der Waals surface area contributed by atoms with Crippen LogP contribution in [0.1, 0.15) is 30.6 Å². The SMILES string of the molecule is COc1ncc(C(=O)N[C@@H](C)C(F)(F)F)c(N2CC[C@](C)(N)C2)c1-c1cccc2c1cnn2C. The quantitative estimate of drug-likeness (QED) is 0.587. The van der Waals surface area contributed by atoms with E-state index in [1.807, 2.05) is 37.1 Å². The van der Waals surface area contributed by atoms with E-state index in [4.69, 9.17) is 10.5 Å². The molecule has 8 nitrogen and oxygen atoms in total. The second-order valence-electron chi connectivity index (χ2n) is 8.97. The molecule has 0 aliphatic carbocycles. The molecule has 1 aromatic carbocycles. The van der Waals surface area contributed by atoms with Crippen molar-refractivity contribution < 1.29 is 22.7 Å². The van der Waals surface area contributed by atoms with Crippen LogP contribution in [0.25, 0.3) is 22.0 Å². The summed E-state index contributed by atoms with van der Waals surface area (Å²) in [5.41, 5.74) is 8.35. The van der Waals surface area contributed by atoms with Crippen molar-refractivity contribution in [2.45, 2.75) is 38.0 Å². The lowest BCUT2D eigenvalue weighted by Crippen LogP contribution is -2.44. The second kappa shape index (κ2) is 8.46. The molecular weight excluding hydrogens is 449 g/mol. The van der Waals surface area contributed by atoms with Crippen LogP contribution in [0, 0.1) is 0 Å². The molecule has 3 aromatic rings. The lowest BCUT2D eigenvalue weighted by molar-refractivity contribution is -0.149. The second-order valence-corrected chi connectivity index (χ2v) is 8.97. The van der Waals surface area contributed by atoms with Gasteiger partial charge in [-0.25, -0.2) is 4.98 Å². The van der Waals surface area contributed by atoms with Crippen molar-refractivity contribution in [1.82, 2.24) is 20.1 Å². The number of alkyl halides is 3. The van der Waals surface area contributed by atoms with Crippen LogP contribution >= 0.6 is 0 Å². The van der Waals surface area contributed by atoms with Gasteiger partial charge in [0, 0.05) is 42.8 Å². The first-order chi connectivity index (χ1) is 15.9. The fraction of sp³-hybridized carbons (Fsp3) is 0.435. The molecule has 1 saturated heterocycles. The molecule has 2 aromatic heterocycles. The van der Waals surface area contributed by atoms with Crippen molar-refractivity contribution in [3.63, 3.8) is 0 Å². The van der Waals surface area contributed by atoms with Crippen LogP contribution in [0.5, 0.6) is 5.88 Å². The molecule has 4 rings (SSSR count). The molecule has 1 fully saturated rings. The lowest BCUT2D eigenvalue weighted by Gasteiger charge is -2.28. The third kappa shape index (κ3) is 4.27. The minimum atomic E-state index is -4.58. The summed E-state index contributed by atoms with van der Waals surface area (Å²) in [4.78, 5) is 19.3. The summed E-state index contributed by atoms with van der Waals surface area (Å²) in [5.74, 6) is -0.627. The van der Waals surface area contributed by atoms with E-state index in [2.05, 4.69) is 15.4 Å². The number of carbonyl (C=O) groups excluding carboxylic acids is 1. The number of amides is 1. The Bertz CT molecular complexity index is 1240. The fourth-order valence-corrected chi connectivity index (χ4v) is 4.30. The summed E-state index contributed by atoms with van der Waals surface area (Å²) < 4.78 is 46.8.